The number of carbonyl (C=O) groups is 1. The molecule has 2 aromatic carbocycles. The minimum Gasteiger partial charge on any atom is -0.495 e. The molecule has 0 atom stereocenters. The largest absolute Gasteiger partial charge is 0.495 e. The number of carbonyl (C=O) groups excluding carboxylic acids is 1. The number of aromatic nitrogens is 1. The molecular formula is C21H20ClN3O4S2. The molecule has 0 aliphatic heterocycles. The maximum absolute atomic E-state index is 13.0. The number of methoxy groups -OCH3 is 1. The zero-order chi connectivity index (χ0) is 22.2. The van der Waals surface area contributed by atoms with Crippen molar-refractivity contribution in [2.45, 2.75) is 30.7 Å². The fraction of sp³-hybridized carbons (Fsp3) is 0.238. The Morgan fingerprint density at radius 3 is 2.68 bits per heavy atom. The number of amides is 1. The molecule has 0 saturated heterocycles. The average molecular weight is 478 g/mol. The van der Waals surface area contributed by atoms with Crippen LogP contribution in [0.1, 0.15) is 28.2 Å². The summed E-state index contributed by atoms with van der Waals surface area (Å²) in [4.78, 5) is 17.9. The number of nitrogens with zero attached hydrogens (tertiary/aromatic N) is 1. The van der Waals surface area contributed by atoms with Gasteiger partial charge in [0.15, 0.2) is 0 Å². The third-order valence-corrected chi connectivity index (χ3v) is 7.66. The van der Waals surface area contributed by atoms with E-state index in [0.717, 1.165) is 18.4 Å². The Hall–Kier alpha value is -2.46. The number of ether oxygens (including phenoxy) is 1. The van der Waals surface area contributed by atoms with Gasteiger partial charge in [-0.05, 0) is 50.1 Å². The molecule has 1 aliphatic carbocycles. The van der Waals surface area contributed by atoms with Gasteiger partial charge in [-0.3, -0.25) is 4.79 Å². The van der Waals surface area contributed by atoms with Gasteiger partial charge in [-0.2, -0.15) is 0 Å². The first kappa shape index (κ1) is 21.8. The highest BCUT2D eigenvalue weighted by Gasteiger charge is 2.28. The molecule has 1 heterocycles. The van der Waals surface area contributed by atoms with Gasteiger partial charge in [0, 0.05) is 16.6 Å². The van der Waals surface area contributed by atoms with Crippen LogP contribution in [0.25, 0.3) is 10.6 Å². The minimum atomic E-state index is -3.67. The maximum Gasteiger partial charge on any atom is 0.267 e. The number of rotatable bonds is 7. The molecule has 7 nitrogen and oxygen atoms in total. The molecule has 2 N–H and O–H groups in total. The molecule has 1 amide bonds. The van der Waals surface area contributed by atoms with Crippen LogP contribution in [0.3, 0.4) is 0 Å². The van der Waals surface area contributed by atoms with E-state index in [0.29, 0.717) is 26.4 Å². The van der Waals surface area contributed by atoms with Gasteiger partial charge in [0.05, 0.1) is 23.4 Å². The quantitative estimate of drug-likeness (QED) is 0.523. The van der Waals surface area contributed by atoms with E-state index in [-0.39, 0.29) is 16.6 Å². The van der Waals surface area contributed by atoms with E-state index < -0.39 is 15.9 Å². The van der Waals surface area contributed by atoms with E-state index in [1.807, 2.05) is 12.1 Å². The maximum atomic E-state index is 13.0. The lowest BCUT2D eigenvalue weighted by Crippen LogP contribution is -2.25. The topological polar surface area (TPSA) is 97.4 Å². The summed E-state index contributed by atoms with van der Waals surface area (Å²) in [6.07, 6.45) is 1.66. The van der Waals surface area contributed by atoms with Gasteiger partial charge < -0.3 is 10.1 Å². The fourth-order valence-electron chi connectivity index (χ4n) is 2.97. The zero-order valence-corrected chi connectivity index (χ0v) is 19.2. The molecule has 0 spiro atoms. The van der Waals surface area contributed by atoms with Gasteiger partial charge in [0.2, 0.25) is 10.0 Å². The van der Waals surface area contributed by atoms with Crippen LogP contribution in [0.5, 0.6) is 5.75 Å². The number of benzene rings is 2. The second kappa shape index (κ2) is 8.58. The van der Waals surface area contributed by atoms with Crippen LogP contribution in [0.4, 0.5) is 5.69 Å². The number of nitrogens with one attached hydrogen (secondary N) is 2. The van der Waals surface area contributed by atoms with Crippen molar-refractivity contribution in [3.63, 3.8) is 0 Å². The van der Waals surface area contributed by atoms with E-state index >= 15 is 0 Å². The summed E-state index contributed by atoms with van der Waals surface area (Å²) in [6, 6.07) is 11.6. The van der Waals surface area contributed by atoms with Crippen molar-refractivity contribution in [3.05, 3.63) is 58.1 Å². The van der Waals surface area contributed by atoms with Crippen LogP contribution < -0.4 is 14.8 Å². The molecule has 1 aromatic heterocycles. The molecule has 0 bridgehead atoms. The van der Waals surface area contributed by atoms with Gasteiger partial charge in [-0.15, -0.1) is 11.3 Å². The van der Waals surface area contributed by atoms with Gasteiger partial charge in [-0.1, -0.05) is 23.7 Å². The predicted molar refractivity (Wildman–Crippen MR) is 122 cm³/mol. The van der Waals surface area contributed by atoms with Crippen molar-refractivity contribution in [3.8, 4) is 16.3 Å². The first-order chi connectivity index (χ1) is 14.8. The standard InChI is InChI=1S/C21H20ClN3O4S2/c1-12-19(30-21(23-12)13-4-3-5-14(22)10-13)20(26)24-17-11-16(8-9-18(17)29-2)31(27,28)25-15-6-7-15/h3-5,8-11,15,25H,6-7H2,1-2H3,(H,24,26). The van der Waals surface area contributed by atoms with Crippen molar-refractivity contribution >= 4 is 44.6 Å². The van der Waals surface area contributed by atoms with E-state index in [2.05, 4.69) is 15.0 Å². The monoisotopic (exact) mass is 477 g/mol. The lowest BCUT2D eigenvalue weighted by atomic mass is 10.2. The Kier molecular flexibility index (Phi) is 6.02. The number of halogens is 1. The van der Waals surface area contributed by atoms with E-state index in [4.69, 9.17) is 16.3 Å². The van der Waals surface area contributed by atoms with Crippen LogP contribution in [-0.2, 0) is 10.0 Å². The van der Waals surface area contributed by atoms with Crippen LogP contribution in [0.2, 0.25) is 5.02 Å². The number of hydrogen-bond donors (Lipinski definition) is 2. The van der Waals surface area contributed by atoms with E-state index in [1.165, 1.54) is 36.6 Å². The van der Waals surface area contributed by atoms with Gasteiger partial charge >= 0.3 is 0 Å². The van der Waals surface area contributed by atoms with Crippen molar-refractivity contribution < 1.29 is 17.9 Å². The minimum absolute atomic E-state index is 0.0186. The van der Waals surface area contributed by atoms with Crippen molar-refractivity contribution in [2.75, 3.05) is 12.4 Å². The Morgan fingerprint density at radius 2 is 2.00 bits per heavy atom. The zero-order valence-electron chi connectivity index (χ0n) is 16.8. The smallest absolute Gasteiger partial charge is 0.267 e. The lowest BCUT2D eigenvalue weighted by molar-refractivity contribution is 0.102. The van der Waals surface area contributed by atoms with Crippen LogP contribution >= 0.6 is 22.9 Å². The molecule has 162 valence electrons. The molecule has 0 radical (unpaired) electrons. The summed E-state index contributed by atoms with van der Waals surface area (Å²) in [7, 11) is -2.21. The van der Waals surface area contributed by atoms with Crippen LogP contribution in [-0.4, -0.2) is 32.5 Å². The van der Waals surface area contributed by atoms with Crippen molar-refractivity contribution in [2.24, 2.45) is 0 Å². The van der Waals surface area contributed by atoms with Crippen LogP contribution in [0, 0.1) is 6.92 Å². The SMILES string of the molecule is COc1ccc(S(=O)(=O)NC2CC2)cc1NC(=O)c1sc(-c2cccc(Cl)c2)nc1C. The molecule has 3 aromatic rings. The Balaban J connectivity index is 1.61. The summed E-state index contributed by atoms with van der Waals surface area (Å²) in [5, 5.41) is 4.02. The highest BCUT2D eigenvalue weighted by atomic mass is 35.5. The summed E-state index contributed by atoms with van der Waals surface area (Å²) >= 11 is 7.30. The lowest BCUT2D eigenvalue weighted by Gasteiger charge is -2.12. The fourth-order valence-corrected chi connectivity index (χ4v) is 5.45. The second-order valence-corrected chi connectivity index (χ2v) is 10.3. The Morgan fingerprint density at radius 1 is 1.23 bits per heavy atom. The summed E-state index contributed by atoms with van der Waals surface area (Å²) < 4.78 is 33.0. The number of anilines is 1. The Labute approximate surface area is 189 Å². The number of thiazole rings is 1. The summed E-state index contributed by atoms with van der Waals surface area (Å²) in [5.74, 6) is -0.0396. The van der Waals surface area contributed by atoms with Crippen molar-refractivity contribution in [1.82, 2.24) is 9.71 Å². The van der Waals surface area contributed by atoms with Gasteiger partial charge in [0.25, 0.3) is 5.91 Å². The third kappa shape index (κ3) is 4.90. The highest BCUT2D eigenvalue weighted by Crippen LogP contribution is 2.32. The van der Waals surface area contributed by atoms with Crippen LogP contribution in [0.15, 0.2) is 47.4 Å². The molecule has 1 fully saturated rings. The van der Waals surface area contributed by atoms with Crippen molar-refractivity contribution in [1.29, 1.82) is 0 Å². The first-order valence-electron chi connectivity index (χ1n) is 9.52. The average Bonchev–Trinajstić information content (AvgIpc) is 3.44. The molecule has 1 saturated carbocycles. The summed E-state index contributed by atoms with van der Waals surface area (Å²) in [6.45, 7) is 1.75. The number of sulfonamides is 1. The van der Waals surface area contributed by atoms with Gasteiger partial charge in [-0.25, -0.2) is 18.1 Å². The van der Waals surface area contributed by atoms with E-state index in [1.54, 1.807) is 19.1 Å². The molecular weight excluding hydrogens is 458 g/mol. The van der Waals surface area contributed by atoms with E-state index in [9.17, 15) is 13.2 Å². The van der Waals surface area contributed by atoms with Gasteiger partial charge in [0.1, 0.15) is 15.6 Å². The molecule has 4 rings (SSSR count). The molecule has 1 aliphatic rings. The molecule has 31 heavy (non-hydrogen) atoms. The first-order valence-corrected chi connectivity index (χ1v) is 12.2. The number of aryl methyl sites for hydroxylation is 1. The molecule has 0 unspecified atom stereocenters. The normalized spacial score (nSPS) is 13.8. The summed E-state index contributed by atoms with van der Waals surface area (Å²) in [5.41, 5.74) is 1.65. The second-order valence-electron chi connectivity index (χ2n) is 7.16. The third-order valence-electron chi connectivity index (χ3n) is 4.70. The molecule has 10 heteroatoms. The Bertz CT molecular complexity index is 1250. The predicted octanol–water partition coefficient (Wildman–Crippen LogP) is 4.47. The highest BCUT2D eigenvalue weighted by molar-refractivity contribution is 7.89. The number of hydrogen-bond acceptors (Lipinski definition) is 6.